The Kier molecular flexibility index (Phi) is 3.69. The van der Waals surface area contributed by atoms with Gasteiger partial charge in [-0.1, -0.05) is 0 Å². The highest BCUT2D eigenvalue weighted by atomic mass is 19.2. The van der Waals surface area contributed by atoms with Crippen LogP contribution in [0.4, 0.5) is 13.2 Å². The van der Waals surface area contributed by atoms with Crippen molar-refractivity contribution in [2.75, 3.05) is 13.2 Å². The average molecular weight is 246 g/mol. The SMILES string of the molecule is OCC1CCCOC1c1cc(F)c(F)cc1F. The fourth-order valence-corrected chi connectivity index (χ4v) is 2.13. The topological polar surface area (TPSA) is 29.5 Å². The second-order valence-electron chi connectivity index (χ2n) is 4.16. The van der Waals surface area contributed by atoms with Gasteiger partial charge >= 0.3 is 0 Å². The van der Waals surface area contributed by atoms with Crippen LogP contribution >= 0.6 is 0 Å². The second-order valence-corrected chi connectivity index (χ2v) is 4.16. The Bertz CT molecular complexity index is 409. The molecule has 0 amide bonds. The fourth-order valence-electron chi connectivity index (χ4n) is 2.13. The van der Waals surface area contributed by atoms with Gasteiger partial charge in [-0.05, 0) is 18.9 Å². The smallest absolute Gasteiger partial charge is 0.161 e. The van der Waals surface area contributed by atoms with Crippen molar-refractivity contribution < 1.29 is 23.0 Å². The van der Waals surface area contributed by atoms with Gasteiger partial charge < -0.3 is 9.84 Å². The van der Waals surface area contributed by atoms with E-state index < -0.39 is 23.6 Å². The number of aliphatic hydroxyl groups excluding tert-OH is 1. The molecule has 1 aliphatic rings. The number of hydrogen-bond acceptors (Lipinski definition) is 2. The Morgan fingerprint density at radius 3 is 2.59 bits per heavy atom. The molecular formula is C12H13F3O2. The summed E-state index contributed by atoms with van der Waals surface area (Å²) >= 11 is 0. The van der Waals surface area contributed by atoms with Crippen molar-refractivity contribution in [1.82, 2.24) is 0 Å². The van der Waals surface area contributed by atoms with Crippen LogP contribution in [0, 0.1) is 23.4 Å². The molecule has 2 unspecified atom stereocenters. The molecule has 0 aliphatic carbocycles. The molecule has 0 radical (unpaired) electrons. The number of rotatable bonds is 2. The number of benzene rings is 1. The molecular weight excluding hydrogens is 233 g/mol. The van der Waals surface area contributed by atoms with E-state index in [1.54, 1.807) is 0 Å². The highest BCUT2D eigenvalue weighted by molar-refractivity contribution is 5.23. The zero-order valence-electron chi connectivity index (χ0n) is 9.13. The molecule has 1 aliphatic heterocycles. The lowest BCUT2D eigenvalue weighted by Crippen LogP contribution is -2.26. The van der Waals surface area contributed by atoms with Crippen LogP contribution in [0.5, 0.6) is 0 Å². The summed E-state index contributed by atoms with van der Waals surface area (Å²) in [4.78, 5) is 0. The molecule has 17 heavy (non-hydrogen) atoms. The molecule has 1 N–H and O–H groups in total. The van der Waals surface area contributed by atoms with E-state index in [2.05, 4.69) is 0 Å². The van der Waals surface area contributed by atoms with Gasteiger partial charge in [0.1, 0.15) is 5.82 Å². The van der Waals surface area contributed by atoms with E-state index in [-0.39, 0.29) is 18.1 Å². The first-order valence-electron chi connectivity index (χ1n) is 5.50. The van der Waals surface area contributed by atoms with Crippen molar-refractivity contribution in [3.63, 3.8) is 0 Å². The first-order chi connectivity index (χ1) is 8.13. The van der Waals surface area contributed by atoms with E-state index in [9.17, 15) is 13.2 Å². The summed E-state index contributed by atoms with van der Waals surface area (Å²) in [7, 11) is 0. The Hall–Kier alpha value is -1.07. The lowest BCUT2D eigenvalue weighted by Gasteiger charge is -2.31. The molecule has 5 heteroatoms. The van der Waals surface area contributed by atoms with Gasteiger partial charge in [-0.3, -0.25) is 0 Å². The molecule has 1 heterocycles. The predicted octanol–water partition coefficient (Wildman–Crippen LogP) is 2.56. The minimum absolute atomic E-state index is 0.0253. The molecule has 1 aromatic carbocycles. The van der Waals surface area contributed by atoms with Crippen molar-refractivity contribution in [3.8, 4) is 0 Å². The molecule has 0 bridgehead atoms. The predicted molar refractivity (Wildman–Crippen MR) is 54.8 cm³/mol. The van der Waals surface area contributed by atoms with Crippen LogP contribution in [0.1, 0.15) is 24.5 Å². The Balaban J connectivity index is 2.34. The molecule has 1 saturated heterocycles. The third-order valence-corrected chi connectivity index (χ3v) is 3.03. The quantitative estimate of drug-likeness (QED) is 0.813. The highest BCUT2D eigenvalue weighted by Crippen LogP contribution is 2.35. The Labute approximate surface area is 97.0 Å². The molecule has 2 nitrogen and oxygen atoms in total. The Morgan fingerprint density at radius 1 is 1.18 bits per heavy atom. The van der Waals surface area contributed by atoms with E-state index in [4.69, 9.17) is 9.84 Å². The number of ether oxygens (including phenoxy) is 1. The molecule has 0 spiro atoms. The summed E-state index contributed by atoms with van der Waals surface area (Å²) in [5, 5.41) is 9.17. The average Bonchev–Trinajstić information content (AvgIpc) is 2.34. The van der Waals surface area contributed by atoms with Crippen LogP contribution in [0.25, 0.3) is 0 Å². The summed E-state index contributed by atoms with van der Waals surface area (Å²) in [6, 6.07) is 1.32. The van der Waals surface area contributed by atoms with Gasteiger partial charge in [-0.15, -0.1) is 0 Å². The zero-order valence-corrected chi connectivity index (χ0v) is 9.13. The molecule has 2 atom stereocenters. The van der Waals surface area contributed by atoms with Crippen molar-refractivity contribution in [3.05, 3.63) is 35.1 Å². The summed E-state index contributed by atoms with van der Waals surface area (Å²) in [6.45, 7) is 0.267. The third-order valence-electron chi connectivity index (χ3n) is 3.03. The first kappa shape index (κ1) is 12.4. The minimum atomic E-state index is -1.22. The van der Waals surface area contributed by atoms with Crippen LogP contribution in [0.3, 0.4) is 0 Å². The monoisotopic (exact) mass is 246 g/mol. The van der Waals surface area contributed by atoms with Gasteiger partial charge in [0.2, 0.25) is 0 Å². The van der Waals surface area contributed by atoms with Crippen LogP contribution in [0.15, 0.2) is 12.1 Å². The van der Waals surface area contributed by atoms with E-state index in [1.807, 2.05) is 0 Å². The summed E-state index contributed by atoms with van der Waals surface area (Å²) < 4.78 is 44.8. The van der Waals surface area contributed by atoms with E-state index in [0.717, 1.165) is 12.5 Å². The second kappa shape index (κ2) is 5.06. The van der Waals surface area contributed by atoms with Gasteiger partial charge in [-0.2, -0.15) is 0 Å². The Morgan fingerprint density at radius 2 is 1.88 bits per heavy atom. The standard InChI is InChI=1S/C12H13F3O2/c13-9-5-11(15)10(14)4-8(9)12-7(6-16)2-1-3-17-12/h4-5,7,12,16H,1-3,6H2. The van der Waals surface area contributed by atoms with Gasteiger partial charge in [0.25, 0.3) is 0 Å². The van der Waals surface area contributed by atoms with Crippen molar-refractivity contribution in [2.45, 2.75) is 18.9 Å². The van der Waals surface area contributed by atoms with Crippen molar-refractivity contribution >= 4 is 0 Å². The molecule has 94 valence electrons. The van der Waals surface area contributed by atoms with Gasteiger partial charge in [-0.25, -0.2) is 13.2 Å². The van der Waals surface area contributed by atoms with Crippen molar-refractivity contribution in [2.24, 2.45) is 5.92 Å². The normalized spacial score (nSPS) is 24.9. The van der Waals surface area contributed by atoms with Crippen LogP contribution < -0.4 is 0 Å². The highest BCUT2D eigenvalue weighted by Gasteiger charge is 2.30. The van der Waals surface area contributed by atoms with Crippen LogP contribution in [-0.4, -0.2) is 18.3 Å². The molecule has 0 aromatic heterocycles. The molecule has 0 saturated carbocycles. The lowest BCUT2D eigenvalue weighted by molar-refractivity contribution is -0.0476. The maximum atomic E-state index is 13.6. The minimum Gasteiger partial charge on any atom is -0.396 e. The maximum Gasteiger partial charge on any atom is 0.161 e. The maximum absolute atomic E-state index is 13.6. The summed E-state index contributed by atoms with van der Waals surface area (Å²) in [5.41, 5.74) is -0.0253. The molecule has 1 aromatic rings. The summed E-state index contributed by atoms with van der Waals surface area (Å²) in [5.74, 6) is -3.44. The van der Waals surface area contributed by atoms with Gasteiger partial charge in [0.15, 0.2) is 11.6 Å². The lowest BCUT2D eigenvalue weighted by atomic mass is 9.90. The van der Waals surface area contributed by atoms with Crippen molar-refractivity contribution in [1.29, 1.82) is 0 Å². The van der Waals surface area contributed by atoms with E-state index in [0.29, 0.717) is 19.1 Å². The third kappa shape index (κ3) is 2.45. The summed E-state index contributed by atoms with van der Waals surface area (Å²) in [6.07, 6.45) is 0.746. The zero-order chi connectivity index (χ0) is 12.4. The van der Waals surface area contributed by atoms with E-state index >= 15 is 0 Å². The van der Waals surface area contributed by atoms with E-state index in [1.165, 1.54) is 0 Å². The number of halogens is 3. The number of hydrogen-bond donors (Lipinski definition) is 1. The van der Waals surface area contributed by atoms with Crippen LogP contribution in [-0.2, 0) is 4.74 Å². The number of aliphatic hydroxyl groups is 1. The largest absolute Gasteiger partial charge is 0.396 e. The van der Waals surface area contributed by atoms with Crippen LogP contribution in [0.2, 0.25) is 0 Å². The fraction of sp³-hybridized carbons (Fsp3) is 0.500. The van der Waals surface area contributed by atoms with Gasteiger partial charge in [0.05, 0.1) is 6.10 Å². The van der Waals surface area contributed by atoms with Gasteiger partial charge in [0, 0.05) is 30.8 Å². The molecule has 2 rings (SSSR count). The first-order valence-corrected chi connectivity index (χ1v) is 5.50. The molecule has 1 fully saturated rings.